The first kappa shape index (κ1) is 16.6. The summed E-state index contributed by atoms with van der Waals surface area (Å²) in [7, 11) is 0. The molecule has 22 heavy (non-hydrogen) atoms. The van der Waals surface area contributed by atoms with Crippen molar-refractivity contribution in [2.75, 3.05) is 6.61 Å². The minimum Gasteiger partial charge on any atom is -0.483 e. The Hall–Kier alpha value is -1.73. The second-order valence-corrected chi connectivity index (χ2v) is 5.53. The highest BCUT2D eigenvalue weighted by molar-refractivity contribution is 6.30. The van der Waals surface area contributed by atoms with Gasteiger partial charge in [0.1, 0.15) is 5.75 Å². The number of alkyl halides is 2. The van der Waals surface area contributed by atoms with Gasteiger partial charge in [-0.25, -0.2) is 8.78 Å². The average Bonchev–Trinajstić information content (AvgIpc) is 2.74. The average molecular weight is 333 g/mol. The van der Waals surface area contributed by atoms with Crippen molar-refractivity contribution in [3.8, 4) is 5.75 Å². The molecule has 0 saturated carbocycles. The molecular weight excluding hydrogens is 318 g/mol. The maximum atomic E-state index is 13.0. The Bertz CT molecular complexity index is 624. The number of rotatable bonds is 4. The van der Waals surface area contributed by atoms with Crippen LogP contribution in [0.15, 0.2) is 23.3 Å². The lowest BCUT2D eigenvalue weighted by Crippen LogP contribution is -2.52. The Balaban J connectivity index is 2.08. The van der Waals surface area contributed by atoms with E-state index >= 15 is 0 Å². The molecule has 0 bridgehead atoms. The lowest BCUT2D eigenvalue weighted by Gasteiger charge is -2.29. The number of hydrazone groups is 1. The molecule has 2 rings (SSSR count). The first-order valence-corrected chi connectivity index (χ1v) is 6.88. The van der Waals surface area contributed by atoms with Crippen molar-refractivity contribution in [2.24, 2.45) is 5.10 Å². The second kappa shape index (κ2) is 6.18. The number of ether oxygens (including phenoxy) is 1. The van der Waals surface area contributed by atoms with E-state index in [9.17, 15) is 18.7 Å². The van der Waals surface area contributed by atoms with Crippen LogP contribution in [0.4, 0.5) is 8.78 Å². The maximum Gasteiger partial charge on any atom is 0.287 e. The van der Waals surface area contributed by atoms with Gasteiger partial charge in [-0.2, -0.15) is 10.1 Å². The SMILES string of the molecule is CC1=NN(C(=O)COc2ccc(Cl)cc2C)[C@](O)(C(F)F)C1. The van der Waals surface area contributed by atoms with Gasteiger partial charge in [-0.15, -0.1) is 0 Å². The van der Waals surface area contributed by atoms with Crippen LogP contribution in [0.3, 0.4) is 0 Å². The summed E-state index contributed by atoms with van der Waals surface area (Å²) in [6.45, 7) is 2.68. The molecule has 5 nitrogen and oxygen atoms in total. The molecule has 1 aromatic carbocycles. The van der Waals surface area contributed by atoms with Crippen molar-refractivity contribution in [1.29, 1.82) is 0 Å². The first-order valence-electron chi connectivity index (χ1n) is 6.50. The van der Waals surface area contributed by atoms with E-state index in [0.29, 0.717) is 21.3 Å². The lowest BCUT2D eigenvalue weighted by molar-refractivity contribution is -0.193. The molecule has 1 amide bonds. The molecule has 8 heteroatoms. The van der Waals surface area contributed by atoms with E-state index in [0.717, 1.165) is 0 Å². The molecule has 1 aromatic rings. The highest BCUT2D eigenvalue weighted by Crippen LogP contribution is 2.31. The minimum atomic E-state index is -3.13. The van der Waals surface area contributed by atoms with Gasteiger partial charge in [0.05, 0.1) is 0 Å². The smallest absolute Gasteiger partial charge is 0.287 e. The molecule has 120 valence electrons. The van der Waals surface area contributed by atoms with Crippen molar-refractivity contribution >= 4 is 23.2 Å². The van der Waals surface area contributed by atoms with Gasteiger partial charge < -0.3 is 9.84 Å². The molecule has 1 N–H and O–H groups in total. The molecular formula is C14H15ClF2N2O3. The highest BCUT2D eigenvalue weighted by Gasteiger charge is 2.50. The Kier molecular flexibility index (Phi) is 4.67. The predicted molar refractivity (Wildman–Crippen MR) is 77.2 cm³/mol. The Morgan fingerprint density at radius 2 is 2.23 bits per heavy atom. The summed E-state index contributed by atoms with van der Waals surface area (Å²) in [5.41, 5.74) is -1.66. The fourth-order valence-corrected chi connectivity index (χ4v) is 2.39. The zero-order valence-electron chi connectivity index (χ0n) is 12.0. The zero-order valence-corrected chi connectivity index (χ0v) is 12.8. The van der Waals surface area contributed by atoms with Gasteiger partial charge in [0, 0.05) is 17.2 Å². The normalized spacial score (nSPS) is 21.2. The van der Waals surface area contributed by atoms with Crippen molar-refractivity contribution in [3.05, 3.63) is 28.8 Å². The van der Waals surface area contributed by atoms with E-state index < -0.39 is 31.1 Å². The van der Waals surface area contributed by atoms with Gasteiger partial charge in [-0.05, 0) is 37.6 Å². The maximum absolute atomic E-state index is 13.0. The monoisotopic (exact) mass is 332 g/mol. The van der Waals surface area contributed by atoms with Gasteiger partial charge in [0.25, 0.3) is 12.3 Å². The Labute approximate surface area is 131 Å². The third-order valence-electron chi connectivity index (χ3n) is 3.23. The molecule has 0 unspecified atom stereocenters. The van der Waals surface area contributed by atoms with E-state index in [1.54, 1.807) is 25.1 Å². The Morgan fingerprint density at radius 1 is 1.55 bits per heavy atom. The van der Waals surface area contributed by atoms with Crippen LogP contribution in [0.25, 0.3) is 0 Å². The summed E-state index contributed by atoms with van der Waals surface area (Å²) in [6, 6.07) is 4.81. The molecule has 1 aliphatic heterocycles. The summed E-state index contributed by atoms with van der Waals surface area (Å²) >= 11 is 5.81. The van der Waals surface area contributed by atoms with Crippen LogP contribution in [0, 0.1) is 6.92 Å². The van der Waals surface area contributed by atoms with Crippen LogP contribution in [-0.2, 0) is 4.79 Å². The van der Waals surface area contributed by atoms with Crippen LogP contribution >= 0.6 is 11.6 Å². The molecule has 1 heterocycles. The first-order chi connectivity index (χ1) is 10.2. The van der Waals surface area contributed by atoms with Gasteiger partial charge in [0.15, 0.2) is 6.61 Å². The molecule has 0 aromatic heterocycles. The van der Waals surface area contributed by atoms with Crippen LogP contribution < -0.4 is 4.74 Å². The van der Waals surface area contributed by atoms with Gasteiger partial charge in [-0.1, -0.05) is 11.6 Å². The van der Waals surface area contributed by atoms with E-state index in [4.69, 9.17) is 16.3 Å². The molecule has 0 fully saturated rings. The van der Waals surface area contributed by atoms with E-state index in [1.165, 1.54) is 6.92 Å². The molecule has 0 saturated heterocycles. The van der Waals surface area contributed by atoms with Crippen molar-refractivity contribution in [1.82, 2.24) is 5.01 Å². The third-order valence-corrected chi connectivity index (χ3v) is 3.46. The standard InChI is InChI=1S/C14H15ClF2N2O3/c1-8-5-10(15)3-4-11(8)22-7-12(20)19-14(21,13(16)17)6-9(2)18-19/h3-5,13,21H,6-7H2,1-2H3/t14-/m1/s1. The molecule has 0 aliphatic carbocycles. The summed E-state index contributed by atoms with van der Waals surface area (Å²) in [6.07, 6.45) is -3.52. The van der Waals surface area contributed by atoms with Gasteiger partial charge >= 0.3 is 0 Å². The Morgan fingerprint density at radius 3 is 2.82 bits per heavy atom. The quantitative estimate of drug-likeness (QED) is 0.922. The fraction of sp³-hybridized carbons (Fsp3) is 0.429. The number of carbonyl (C=O) groups excluding carboxylic acids is 1. The van der Waals surface area contributed by atoms with Crippen molar-refractivity contribution in [3.63, 3.8) is 0 Å². The highest BCUT2D eigenvalue weighted by atomic mass is 35.5. The molecule has 1 aliphatic rings. The lowest BCUT2D eigenvalue weighted by atomic mass is 10.1. The van der Waals surface area contributed by atoms with Crippen LogP contribution in [0.1, 0.15) is 18.9 Å². The van der Waals surface area contributed by atoms with E-state index in [2.05, 4.69) is 5.10 Å². The zero-order chi connectivity index (χ0) is 16.5. The largest absolute Gasteiger partial charge is 0.483 e. The second-order valence-electron chi connectivity index (χ2n) is 5.10. The summed E-state index contributed by atoms with van der Waals surface area (Å²) < 4.78 is 31.3. The third kappa shape index (κ3) is 3.20. The number of hydrogen-bond donors (Lipinski definition) is 1. The topological polar surface area (TPSA) is 62.1 Å². The van der Waals surface area contributed by atoms with E-state index in [-0.39, 0.29) is 5.71 Å². The number of aliphatic hydroxyl groups is 1. The van der Waals surface area contributed by atoms with Crippen molar-refractivity contribution in [2.45, 2.75) is 32.4 Å². The van der Waals surface area contributed by atoms with Crippen LogP contribution in [0.2, 0.25) is 5.02 Å². The van der Waals surface area contributed by atoms with Gasteiger partial charge in [-0.3, -0.25) is 4.79 Å². The van der Waals surface area contributed by atoms with Gasteiger partial charge in [0.2, 0.25) is 5.72 Å². The number of hydrogen-bond acceptors (Lipinski definition) is 4. The predicted octanol–water partition coefficient (Wildman–Crippen LogP) is 2.59. The summed E-state index contributed by atoms with van der Waals surface area (Å²) in [5, 5.41) is 14.5. The fourth-order valence-electron chi connectivity index (χ4n) is 2.16. The summed E-state index contributed by atoms with van der Waals surface area (Å²) in [4.78, 5) is 12.0. The number of halogens is 3. The molecule has 1 atom stereocenters. The molecule has 0 radical (unpaired) electrons. The molecule has 0 spiro atoms. The van der Waals surface area contributed by atoms with Crippen molar-refractivity contribution < 1.29 is 23.4 Å². The van der Waals surface area contributed by atoms with Crippen LogP contribution in [0.5, 0.6) is 5.75 Å². The summed E-state index contributed by atoms with van der Waals surface area (Å²) in [5.74, 6) is -0.452. The number of aryl methyl sites for hydroxylation is 1. The van der Waals surface area contributed by atoms with E-state index in [1.807, 2.05) is 0 Å². The number of benzene rings is 1. The minimum absolute atomic E-state index is 0.249. The number of amides is 1. The number of carbonyl (C=O) groups is 1. The number of nitrogens with zero attached hydrogens (tertiary/aromatic N) is 2. The van der Waals surface area contributed by atoms with Crippen LogP contribution in [-0.4, -0.2) is 40.5 Å².